The van der Waals surface area contributed by atoms with Crippen molar-refractivity contribution < 1.29 is 14.6 Å². The second-order valence-electron chi connectivity index (χ2n) is 4.85. The number of benzene rings is 1. The van der Waals surface area contributed by atoms with Crippen molar-refractivity contribution >= 4 is 5.97 Å². The van der Waals surface area contributed by atoms with Gasteiger partial charge in [0.25, 0.3) is 0 Å². The highest BCUT2D eigenvalue weighted by Crippen LogP contribution is 2.29. The molecule has 0 bridgehead atoms. The number of aryl methyl sites for hydroxylation is 2. The molecule has 0 radical (unpaired) electrons. The van der Waals surface area contributed by atoms with E-state index >= 15 is 0 Å². The van der Waals surface area contributed by atoms with Gasteiger partial charge in [0.05, 0.1) is 5.56 Å². The number of aromatic carboxylic acids is 1. The molecule has 0 spiro atoms. The fourth-order valence-corrected chi connectivity index (χ4v) is 2.42. The maximum atomic E-state index is 11.0. The molecular weight excluding hydrogens is 268 g/mol. The Morgan fingerprint density at radius 2 is 2.19 bits per heavy atom. The highest BCUT2D eigenvalue weighted by Gasteiger charge is 2.18. The summed E-state index contributed by atoms with van der Waals surface area (Å²) in [6.45, 7) is 0. The molecule has 0 saturated heterocycles. The number of hydrogen-bond acceptors (Lipinski definition) is 4. The van der Waals surface area contributed by atoms with Crippen LogP contribution >= 0.6 is 0 Å². The number of carbonyl (C=O) groups is 1. The summed E-state index contributed by atoms with van der Waals surface area (Å²) in [5.74, 6) is -0.430. The summed E-state index contributed by atoms with van der Waals surface area (Å²) >= 11 is 0. The first-order valence-corrected chi connectivity index (χ1v) is 6.61. The predicted octanol–water partition coefficient (Wildman–Crippen LogP) is 2.93. The van der Waals surface area contributed by atoms with E-state index in [0.29, 0.717) is 11.3 Å². The molecule has 0 unspecified atom stereocenters. The number of carboxylic acids is 1. The van der Waals surface area contributed by atoms with Gasteiger partial charge in [0.15, 0.2) is 0 Å². The molecule has 1 aliphatic rings. The lowest BCUT2D eigenvalue weighted by Crippen LogP contribution is -1.99. The monoisotopic (exact) mass is 280 g/mol. The van der Waals surface area contributed by atoms with Crippen molar-refractivity contribution in [2.45, 2.75) is 19.3 Å². The molecule has 0 fully saturated rings. The summed E-state index contributed by atoms with van der Waals surface area (Å²) in [6.07, 6.45) is 2.85. The fraction of sp³-hybridized carbons (Fsp3) is 0.188. The molecular formula is C16H12N2O3. The van der Waals surface area contributed by atoms with Gasteiger partial charge >= 0.3 is 5.97 Å². The van der Waals surface area contributed by atoms with E-state index in [-0.39, 0.29) is 11.4 Å². The van der Waals surface area contributed by atoms with Crippen LogP contribution in [-0.2, 0) is 12.8 Å². The number of hydrogen-bond donors (Lipinski definition) is 1. The van der Waals surface area contributed by atoms with Gasteiger partial charge in [-0.15, -0.1) is 0 Å². The van der Waals surface area contributed by atoms with Gasteiger partial charge in [-0.2, -0.15) is 5.26 Å². The molecule has 1 aliphatic carbocycles. The molecule has 21 heavy (non-hydrogen) atoms. The van der Waals surface area contributed by atoms with E-state index < -0.39 is 5.97 Å². The summed E-state index contributed by atoms with van der Waals surface area (Å²) < 4.78 is 5.62. The van der Waals surface area contributed by atoms with Crippen LogP contribution in [0.5, 0.6) is 11.6 Å². The van der Waals surface area contributed by atoms with Gasteiger partial charge in [-0.3, -0.25) is 0 Å². The van der Waals surface area contributed by atoms with Crippen LogP contribution in [0.25, 0.3) is 0 Å². The van der Waals surface area contributed by atoms with Crippen LogP contribution in [-0.4, -0.2) is 16.1 Å². The highest BCUT2D eigenvalue weighted by molar-refractivity contribution is 5.88. The molecule has 1 N–H and O–H groups in total. The van der Waals surface area contributed by atoms with Gasteiger partial charge in [-0.1, -0.05) is 6.07 Å². The van der Waals surface area contributed by atoms with Crippen molar-refractivity contribution in [1.82, 2.24) is 4.98 Å². The topological polar surface area (TPSA) is 83.2 Å². The van der Waals surface area contributed by atoms with Crippen molar-refractivity contribution in [1.29, 1.82) is 5.26 Å². The first-order valence-electron chi connectivity index (χ1n) is 6.61. The van der Waals surface area contributed by atoms with E-state index in [0.717, 1.165) is 30.5 Å². The summed E-state index contributed by atoms with van der Waals surface area (Å²) in [5, 5.41) is 18.2. The zero-order valence-electron chi connectivity index (χ0n) is 11.2. The van der Waals surface area contributed by atoms with Crippen LogP contribution in [0.4, 0.5) is 0 Å². The molecule has 3 rings (SSSR count). The number of fused-ring (bicyclic) bond motifs is 1. The number of pyridine rings is 1. The smallest absolute Gasteiger partial charge is 0.335 e. The number of nitrogens with zero attached hydrogens (tertiary/aromatic N) is 2. The van der Waals surface area contributed by atoms with E-state index in [1.165, 1.54) is 12.1 Å². The largest absolute Gasteiger partial charge is 0.478 e. The molecule has 0 saturated carbocycles. The second-order valence-corrected chi connectivity index (χ2v) is 4.85. The SMILES string of the molecule is N#Cc1cc2c(nc1Oc1cccc(C(=O)O)c1)CCC2. The van der Waals surface area contributed by atoms with Crippen LogP contribution in [0, 0.1) is 11.3 Å². The van der Waals surface area contributed by atoms with E-state index in [9.17, 15) is 10.1 Å². The minimum absolute atomic E-state index is 0.132. The van der Waals surface area contributed by atoms with Crippen LogP contribution < -0.4 is 4.74 Å². The lowest BCUT2D eigenvalue weighted by molar-refractivity contribution is 0.0696. The van der Waals surface area contributed by atoms with Gasteiger partial charge in [-0.05, 0) is 49.1 Å². The Balaban J connectivity index is 1.96. The number of ether oxygens (including phenoxy) is 1. The van der Waals surface area contributed by atoms with Crippen LogP contribution in [0.2, 0.25) is 0 Å². The minimum atomic E-state index is -1.03. The maximum absolute atomic E-state index is 11.0. The first kappa shape index (κ1) is 13.1. The lowest BCUT2D eigenvalue weighted by atomic mass is 10.1. The Labute approximate surface area is 121 Å². The molecule has 104 valence electrons. The second kappa shape index (κ2) is 5.25. The van der Waals surface area contributed by atoms with E-state index in [1.54, 1.807) is 12.1 Å². The number of nitriles is 1. The number of aromatic nitrogens is 1. The van der Waals surface area contributed by atoms with Crippen molar-refractivity contribution in [3.63, 3.8) is 0 Å². The predicted molar refractivity (Wildman–Crippen MR) is 74.5 cm³/mol. The third-order valence-electron chi connectivity index (χ3n) is 3.43. The summed E-state index contributed by atoms with van der Waals surface area (Å²) in [7, 11) is 0. The van der Waals surface area contributed by atoms with Gasteiger partial charge in [0.2, 0.25) is 5.88 Å². The van der Waals surface area contributed by atoms with Crippen LogP contribution in [0.1, 0.15) is 33.6 Å². The molecule has 0 aliphatic heterocycles. The molecule has 1 heterocycles. The minimum Gasteiger partial charge on any atom is -0.478 e. The summed E-state index contributed by atoms with van der Waals surface area (Å²) in [4.78, 5) is 15.4. The zero-order valence-corrected chi connectivity index (χ0v) is 11.2. The van der Waals surface area contributed by atoms with Crippen LogP contribution in [0.15, 0.2) is 30.3 Å². The number of carboxylic acid groups (broad SMARTS) is 1. The molecule has 0 atom stereocenters. The Morgan fingerprint density at radius 3 is 2.95 bits per heavy atom. The average molecular weight is 280 g/mol. The third kappa shape index (κ3) is 2.56. The number of rotatable bonds is 3. The van der Waals surface area contributed by atoms with Crippen molar-refractivity contribution in [3.8, 4) is 17.7 Å². The maximum Gasteiger partial charge on any atom is 0.335 e. The van der Waals surface area contributed by atoms with Gasteiger partial charge in [-0.25, -0.2) is 9.78 Å². The van der Waals surface area contributed by atoms with E-state index in [1.807, 2.05) is 6.07 Å². The quantitative estimate of drug-likeness (QED) is 0.934. The molecule has 5 nitrogen and oxygen atoms in total. The Hall–Kier alpha value is -2.87. The fourth-order valence-electron chi connectivity index (χ4n) is 2.42. The van der Waals surface area contributed by atoms with E-state index in [2.05, 4.69) is 11.1 Å². The van der Waals surface area contributed by atoms with Crippen molar-refractivity contribution in [2.75, 3.05) is 0 Å². The molecule has 1 aromatic heterocycles. The molecule has 5 heteroatoms. The first-order chi connectivity index (χ1) is 10.2. The average Bonchev–Trinajstić information content (AvgIpc) is 2.93. The highest BCUT2D eigenvalue weighted by atomic mass is 16.5. The van der Waals surface area contributed by atoms with Crippen molar-refractivity contribution in [2.24, 2.45) is 0 Å². The van der Waals surface area contributed by atoms with Crippen LogP contribution in [0.3, 0.4) is 0 Å². The summed E-state index contributed by atoms with van der Waals surface area (Å²) in [6, 6.07) is 10.0. The lowest BCUT2D eigenvalue weighted by Gasteiger charge is -2.09. The standard InChI is InChI=1S/C16H12N2O3/c17-9-12-7-10-3-2-6-14(10)18-15(12)21-13-5-1-4-11(8-13)16(19)20/h1,4-5,7-8H,2-3,6H2,(H,19,20). The molecule has 0 amide bonds. The molecule has 1 aromatic carbocycles. The van der Waals surface area contributed by atoms with E-state index in [4.69, 9.17) is 9.84 Å². The van der Waals surface area contributed by atoms with Gasteiger partial charge in [0, 0.05) is 5.69 Å². The Bertz CT molecular complexity index is 763. The van der Waals surface area contributed by atoms with Gasteiger partial charge in [0.1, 0.15) is 17.4 Å². The Morgan fingerprint density at radius 1 is 1.33 bits per heavy atom. The summed E-state index contributed by atoms with van der Waals surface area (Å²) in [5.41, 5.74) is 2.56. The van der Waals surface area contributed by atoms with Crippen molar-refractivity contribution in [3.05, 3.63) is 52.7 Å². The molecule has 2 aromatic rings. The zero-order chi connectivity index (χ0) is 14.8. The normalized spacial score (nSPS) is 12.5. The third-order valence-corrected chi connectivity index (χ3v) is 3.43. The Kier molecular flexibility index (Phi) is 3.28. The van der Waals surface area contributed by atoms with Gasteiger partial charge < -0.3 is 9.84 Å².